The number of Topliss-reactive ketones (excluding diaryl/α,β-unsaturated/α-hetero) is 1. The number of aldehydes is 1. The molecule has 1 amide bonds. The second-order valence-electron chi connectivity index (χ2n) is 4.19. The molecule has 1 atom stereocenters. The Morgan fingerprint density at radius 3 is 2.62 bits per heavy atom. The minimum Gasteiger partial charge on any atom is -0.300 e. The number of benzene rings is 1. The highest BCUT2D eigenvalue weighted by atomic mass is 32.2. The predicted octanol–water partition coefficient (Wildman–Crippen LogP) is 1.42. The van der Waals surface area contributed by atoms with Gasteiger partial charge >= 0.3 is 0 Å². The number of thioether (sulfide) groups is 1. The molecule has 0 saturated heterocycles. The molecular weight excluding hydrogens is 290 g/mol. The average Bonchev–Trinajstić information content (AvgIpc) is 2.54. The minimum absolute atomic E-state index is 0.209. The molecule has 0 saturated carbocycles. The Labute approximate surface area is 125 Å². The van der Waals surface area contributed by atoms with Gasteiger partial charge in [0.05, 0.1) is 5.71 Å². The number of amidine groups is 1. The molecule has 0 spiro atoms. The van der Waals surface area contributed by atoms with Crippen molar-refractivity contribution in [2.75, 3.05) is 0 Å². The molecule has 6 nitrogen and oxygen atoms in total. The number of hydrogen-bond acceptors (Lipinski definition) is 6. The van der Waals surface area contributed by atoms with E-state index in [9.17, 15) is 14.4 Å². The Hall–Kier alpha value is -2.28. The van der Waals surface area contributed by atoms with Crippen molar-refractivity contribution in [1.82, 2.24) is 5.32 Å². The maximum absolute atomic E-state index is 12.0. The molecule has 1 heterocycles. The van der Waals surface area contributed by atoms with Gasteiger partial charge in [0.25, 0.3) is 5.91 Å². The molecule has 7 heteroatoms. The van der Waals surface area contributed by atoms with Gasteiger partial charge < -0.3 is 0 Å². The Morgan fingerprint density at radius 2 is 2.00 bits per heavy atom. The van der Waals surface area contributed by atoms with Gasteiger partial charge in [0.2, 0.25) is 5.78 Å². The molecule has 2 rings (SSSR count). The van der Waals surface area contributed by atoms with Crippen LogP contribution in [0.3, 0.4) is 0 Å². The topological polar surface area (TPSA) is 88.0 Å². The zero-order valence-electron chi connectivity index (χ0n) is 11.3. The highest BCUT2D eigenvalue weighted by Crippen LogP contribution is 2.21. The Kier molecular flexibility index (Phi) is 4.99. The lowest BCUT2D eigenvalue weighted by Gasteiger charge is -2.18. The van der Waals surface area contributed by atoms with Crippen molar-refractivity contribution in [3.05, 3.63) is 35.9 Å². The number of amides is 1. The molecule has 0 fully saturated rings. The first-order chi connectivity index (χ1) is 10.2. The van der Waals surface area contributed by atoms with Crippen molar-refractivity contribution >= 4 is 40.6 Å². The van der Waals surface area contributed by atoms with Crippen LogP contribution in [0.25, 0.3) is 0 Å². The lowest BCUT2D eigenvalue weighted by molar-refractivity contribution is -0.128. The van der Waals surface area contributed by atoms with Crippen LogP contribution < -0.4 is 5.32 Å². The van der Waals surface area contributed by atoms with Crippen molar-refractivity contribution in [1.29, 1.82) is 0 Å². The third-order valence-corrected chi connectivity index (χ3v) is 3.94. The standard InChI is InChI=1S/C14H13N3O3S/c1-2-10-12(11(19)8-18)21-14(17-16-10)15-13(20)9-6-4-3-5-7-9/h3-8,12H,2H2,1H3,(H,15,17,20). The molecule has 1 N–H and O–H groups in total. The third kappa shape index (κ3) is 3.63. The number of hydrogen-bond donors (Lipinski definition) is 1. The maximum atomic E-state index is 12.0. The van der Waals surface area contributed by atoms with E-state index in [0.29, 0.717) is 17.7 Å². The SMILES string of the molecule is CCC1=NN=C(NC(=O)c2ccccc2)SC1C(=O)C=O. The Balaban J connectivity index is 2.13. The van der Waals surface area contributed by atoms with Gasteiger partial charge in [-0.1, -0.05) is 36.9 Å². The van der Waals surface area contributed by atoms with Gasteiger partial charge in [-0.2, -0.15) is 5.10 Å². The number of nitrogens with one attached hydrogen (secondary N) is 1. The fourth-order valence-corrected chi connectivity index (χ4v) is 2.70. The summed E-state index contributed by atoms with van der Waals surface area (Å²) in [6, 6.07) is 8.63. The van der Waals surface area contributed by atoms with Crippen molar-refractivity contribution in [2.45, 2.75) is 18.6 Å². The molecule has 108 valence electrons. The lowest BCUT2D eigenvalue weighted by atomic mass is 10.1. The Morgan fingerprint density at radius 1 is 1.29 bits per heavy atom. The molecule has 0 bridgehead atoms. The van der Waals surface area contributed by atoms with Crippen LogP contribution in [0.1, 0.15) is 23.7 Å². The van der Waals surface area contributed by atoms with Crippen LogP contribution in [0.5, 0.6) is 0 Å². The van der Waals surface area contributed by atoms with E-state index in [0.717, 1.165) is 11.8 Å². The molecule has 1 aromatic carbocycles. The van der Waals surface area contributed by atoms with Gasteiger partial charge in [0.15, 0.2) is 11.5 Å². The molecule has 0 aromatic heterocycles. The van der Waals surface area contributed by atoms with Crippen LogP contribution in [0, 0.1) is 0 Å². The molecule has 1 unspecified atom stereocenters. The first kappa shape index (κ1) is 15.1. The lowest BCUT2D eigenvalue weighted by Crippen LogP contribution is -2.37. The zero-order chi connectivity index (χ0) is 15.2. The fraction of sp³-hybridized carbons (Fsp3) is 0.214. The zero-order valence-corrected chi connectivity index (χ0v) is 12.1. The van der Waals surface area contributed by atoms with Crippen molar-refractivity contribution < 1.29 is 14.4 Å². The monoisotopic (exact) mass is 303 g/mol. The minimum atomic E-state index is -0.712. The second kappa shape index (κ2) is 6.94. The molecule has 21 heavy (non-hydrogen) atoms. The molecule has 0 aliphatic carbocycles. The Bertz CT molecular complexity index is 626. The van der Waals surface area contributed by atoms with Crippen LogP contribution in [-0.2, 0) is 9.59 Å². The summed E-state index contributed by atoms with van der Waals surface area (Å²) in [6.45, 7) is 1.83. The number of rotatable bonds is 4. The molecule has 1 aliphatic rings. The molecule has 0 radical (unpaired) electrons. The second-order valence-corrected chi connectivity index (χ2v) is 5.28. The van der Waals surface area contributed by atoms with E-state index in [1.165, 1.54) is 0 Å². The summed E-state index contributed by atoms with van der Waals surface area (Å²) in [6.07, 6.45) is 0.783. The van der Waals surface area contributed by atoms with Gasteiger partial charge in [-0.05, 0) is 18.6 Å². The number of carbonyl (C=O) groups excluding carboxylic acids is 3. The van der Waals surface area contributed by atoms with E-state index in [4.69, 9.17) is 0 Å². The van der Waals surface area contributed by atoms with Gasteiger partial charge in [0, 0.05) is 5.56 Å². The van der Waals surface area contributed by atoms with Crippen molar-refractivity contribution in [2.24, 2.45) is 10.2 Å². The molecular formula is C14H13N3O3S. The summed E-state index contributed by atoms with van der Waals surface area (Å²) in [4.78, 5) is 34.3. The highest BCUT2D eigenvalue weighted by Gasteiger charge is 2.29. The van der Waals surface area contributed by atoms with Gasteiger partial charge in [-0.15, -0.1) is 5.10 Å². The normalized spacial score (nSPS) is 17.5. The molecule has 1 aliphatic heterocycles. The van der Waals surface area contributed by atoms with Crippen LogP contribution in [0.2, 0.25) is 0 Å². The number of carbonyl (C=O) groups is 3. The number of nitrogens with zero attached hydrogens (tertiary/aromatic N) is 2. The van der Waals surface area contributed by atoms with E-state index in [1.807, 2.05) is 6.92 Å². The van der Waals surface area contributed by atoms with E-state index in [-0.39, 0.29) is 17.4 Å². The molecule has 1 aromatic rings. The van der Waals surface area contributed by atoms with Gasteiger partial charge in [0.1, 0.15) is 5.25 Å². The van der Waals surface area contributed by atoms with Crippen LogP contribution in [-0.4, -0.2) is 34.1 Å². The van der Waals surface area contributed by atoms with Crippen LogP contribution in [0.4, 0.5) is 0 Å². The van der Waals surface area contributed by atoms with Gasteiger partial charge in [-0.25, -0.2) is 0 Å². The smallest absolute Gasteiger partial charge is 0.257 e. The predicted molar refractivity (Wildman–Crippen MR) is 81.5 cm³/mol. The average molecular weight is 303 g/mol. The number of ketones is 1. The van der Waals surface area contributed by atoms with E-state index < -0.39 is 11.0 Å². The summed E-state index contributed by atoms with van der Waals surface area (Å²) < 4.78 is 0. The van der Waals surface area contributed by atoms with Crippen LogP contribution in [0.15, 0.2) is 40.5 Å². The highest BCUT2D eigenvalue weighted by molar-refractivity contribution is 8.15. The van der Waals surface area contributed by atoms with Crippen molar-refractivity contribution in [3.8, 4) is 0 Å². The van der Waals surface area contributed by atoms with E-state index >= 15 is 0 Å². The summed E-state index contributed by atoms with van der Waals surface area (Å²) in [5, 5.41) is 9.88. The van der Waals surface area contributed by atoms with Gasteiger partial charge in [-0.3, -0.25) is 19.7 Å². The maximum Gasteiger partial charge on any atom is 0.257 e. The van der Waals surface area contributed by atoms with E-state index in [1.54, 1.807) is 30.3 Å². The third-order valence-electron chi connectivity index (χ3n) is 2.79. The van der Waals surface area contributed by atoms with E-state index in [2.05, 4.69) is 15.5 Å². The largest absolute Gasteiger partial charge is 0.300 e. The summed E-state index contributed by atoms with van der Waals surface area (Å²) in [7, 11) is 0. The van der Waals surface area contributed by atoms with Crippen molar-refractivity contribution in [3.63, 3.8) is 0 Å². The summed E-state index contributed by atoms with van der Waals surface area (Å²) in [5.74, 6) is -0.920. The fourth-order valence-electron chi connectivity index (χ4n) is 1.72. The summed E-state index contributed by atoms with van der Waals surface area (Å²) >= 11 is 1.03. The van der Waals surface area contributed by atoms with Crippen LogP contribution >= 0.6 is 11.8 Å². The first-order valence-corrected chi connectivity index (χ1v) is 7.20. The quantitative estimate of drug-likeness (QED) is 0.673. The summed E-state index contributed by atoms with van der Waals surface area (Å²) in [5.41, 5.74) is 0.999. The first-order valence-electron chi connectivity index (χ1n) is 6.32.